The van der Waals surface area contributed by atoms with Gasteiger partial charge in [0.1, 0.15) is 6.04 Å². The summed E-state index contributed by atoms with van der Waals surface area (Å²) in [6, 6.07) is 3.27. The molecule has 0 saturated carbocycles. The zero-order valence-corrected chi connectivity index (χ0v) is 10.8. The van der Waals surface area contributed by atoms with Crippen LogP contribution >= 0.6 is 11.3 Å². The fourth-order valence-electron chi connectivity index (χ4n) is 2.01. The maximum absolute atomic E-state index is 12.1. The molecule has 0 bridgehead atoms. The first-order chi connectivity index (χ1) is 8.18. The van der Waals surface area contributed by atoms with Crippen LogP contribution in [0, 0.1) is 0 Å². The Bertz CT molecular complexity index is 361. The standard InChI is InChI=1S/C12H18N2O2S/c1-14(8-9-4-2-6-16-9)12(15)11(13)10-5-3-7-17-10/h3,5,7,9,11H,2,4,6,8,13H2,1H3. The Kier molecular flexibility index (Phi) is 4.15. The van der Waals surface area contributed by atoms with Gasteiger partial charge in [-0.2, -0.15) is 0 Å². The van der Waals surface area contributed by atoms with Gasteiger partial charge in [0.15, 0.2) is 0 Å². The van der Waals surface area contributed by atoms with Crippen LogP contribution < -0.4 is 5.73 Å². The quantitative estimate of drug-likeness (QED) is 0.883. The lowest BCUT2D eigenvalue weighted by atomic mass is 10.2. The van der Waals surface area contributed by atoms with Gasteiger partial charge in [-0.3, -0.25) is 4.79 Å². The van der Waals surface area contributed by atoms with Crippen LogP contribution in [0.2, 0.25) is 0 Å². The molecule has 0 spiro atoms. The molecule has 1 aromatic heterocycles. The Morgan fingerprint density at radius 2 is 2.59 bits per heavy atom. The molecule has 0 radical (unpaired) electrons. The largest absolute Gasteiger partial charge is 0.376 e. The fraction of sp³-hybridized carbons (Fsp3) is 0.583. The van der Waals surface area contributed by atoms with Gasteiger partial charge in [-0.05, 0) is 24.3 Å². The number of rotatable bonds is 4. The van der Waals surface area contributed by atoms with Crippen molar-refractivity contribution < 1.29 is 9.53 Å². The summed E-state index contributed by atoms with van der Waals surface area (Å²) < 4.78 is 5.51. The number of nitrogens with two attached hydrogens (primary N) is 1. The molecule has 1 aliphatic rings. The zero-order valence-electron chi connectivity index (χ0n) is 9.96. The van der Waals surface area contributed by atoms with Gasteiger partial charge in [-0.1, -0.05) is 6.07 Å². The van der Waals surface area contributed by atoms with Crippen LogP contribution in [0.5, 0.6) is 0 Å². The number of likely N-dealkylation sites (N-methyl/N-ethyl adjacent to an activating group) is 1. The number of hydrogen-bond donors (Lipinski definition) is 1. The van der Waals surface area contributed by atoms with Crippen LogP contribution in [0.3, 0.4) is 0 Å². The number of hydrogen-bond acceptors (Lipinski definition) is 4. The summed E-state index contributed by atoms with van der Waals surface area (Å²) in [4.78, 5) is 14.7. The number of carbonyl (C=O) groups excluding carboxylic acids is 1. The summed E-state index contributed by atoms with van der Waals surface area (Å²) in [7, 11) is 1.79. The first kappa shape index (κ1) is 12.5. The van der Waals surface area contributed by atoms with E-state index in [0.717, 1.165) is 24.3 Å². The van der Waals surface area contributed by atoms with E-state index in [4.69, 9.17) is 10.5 Å². The minimum atomic E-state index is -0.540. The van der Waals surface area contributed by atoms with Crippen LogP contribution in [0.4, 0.5) is 0 Å². The molecule has 0 aromatic carbocycles. The summed E-state index contributed by atoms with van der Waals surface area (Å²) in [6.07, 6.45) is 2.30. The minimum absolute atomic E-state index is 0.0389. The van der Waals surface area contributed by atoms with Crippen molar-refractivity contribution in [2.75, 3.05) is 20.2 Å². The maximum atomic E-state index is 12.1. The summed E-state index contributed by atoms with van der Waals surface area (Å²) in [5.74, 6) is -0.0389. The molecule has 2 unspecified atom stereocenters. The highest BCUT2D eigenvalue weighted by Gasteiger charge is 2.24. The predicted octanol–water partition coefficient (Wildman–Crippen LogP) is 1.39. The molecule has 1 saturated heterocycles. The monoisotopic (exact) mass is 254 g/mol. The van der Waals surface area contributed by atoms with Crippen molar-refractivity contribution in [3.63, 3.8) is 0 Å². The molecular formula is C12H18N2O2S. The third kappa shape index (κ3) is 3.06. The number of amides is 1. The molecule has 17 heavy (non-hydrogen) atoms. The van der Waals surface area contributed by atoms with E-state index >= 15 is 0 Å². The number of carbonyl (C=O) groups is 1. The molecule has 0 aliphatic carbocycles. The van der Waals surface area contributed by atoms with Gasteiger partial charge in [-0.15, -0.1) is 11.3 Å². The van der Waals surface area contributed by atoms with Crippen LogP contribution in [-0.4, -0.2) is 37.1 Å². The van der Waals surface area contributed by atoms with E-state index in [-0.39, 0.29) is 12.0 Å². The van der Waals surface area contributed by atoms with E-state index in [1.807, 2.05) is 17.5 Å². The molecule has 94 valence electrons. The topological polar surface area (TPSA) is 55.6 Å². The van der Waals surface area contributed by atoms with Gasteiger partial charge < -0.3 is 15.4 Å². The molecule has 2 heterocycles. The lowest BCUT2D eigenvalue weighted by molar-refractivity contribution is -0.132. The van der Waals surface area contributed by atoms with Crippen LogP contribution in [0.25, 0.3) is 0 Å². The Morgan fingerprint density at radius 3 is 3.18 bits per heavy atom. The normalized spacial score (nSPS) is 21.4. The number of thiophene rings is 1. The molecule has 5 heteroatoms. The van der Waals surface area contributed by atoms with Crippen molar-refractivity contribution >= 4 is 17.2 Å². The molecule has 1 fully saturated rings. The highest BCUT2D eigenvalue weighted by molar-refractivity contribution is 7.10. The lowest BCUT2D eigenvalue weighted by Gasteiger charge is -2.23. The van der Waals surface area contributed by atoms with Crippen molar-refractivity contribution in [3.05, 3.63) is 22.4 Å². The van der Waals surface area contributed by atoms with E-state index in [0.29, 0.717) is 6.54 Å². The predicted molar refractivity (Wildman–Crippen MR) is 67.9 cm³/mol. The summed E-state index contributed by atoms with van der Waals surface area (Å²) in [6.45, 7) is 1.45. The van der Waals surface area contributed by atoms with Crippen molar-refractivity contribution in [2.45, 2.75) is 25.0 Å². The van der Waals surface area contributed by atoms with Gasteiger partial charge in [-0.25, -0.2) is 0 Å². The van der Waals surface area contributed by atoms with Crippen LogP contribution in [0.1, 0.15) is 23.8 Å². The average Bonchev–Trinajstić information content (AvgIpc) is 2.99. The van der Waals surface area contributed by atoms with E-state index in [9.17, 15) is 4.79 Å². The third-order valence-corrected chi connectivity index (χ3v) is 3.95. The molecule has 1 aliphatic heterocycles. The van der Waals surface area contributed by atoms with Crippen LogP contribution in [-0.2, 0) is 9.53 Å². The second-order valence-electron chi connectivity index (χ2n) is 4.35. The first-order valence-electron chi connectivity index (χ1n) is 5.84. The Morgan fingerprint density at radius 1 is 1.76 bits per heavy atom. The number of nitrogens with zero attached hydrogens (tertiary/aromatic N) is 1. The smallest absolute Gasteiger partial charge is 0.244 e. The number of ether oxygens (including phenoxy) is 1. The fourth-order valence-corrected chi connectivity index (χ4v) is 2.73. The van der Waals surface area contributed by atoms with E-state index in [1.54, 1.807) is 11.9 Å². The Labute approximate surface area is 105 Å². The SMILES string of the molecule is CN(CC1CCCO1)C(=O)C(N)c1cccs1. The second-order valence-corrected chi connectivity index (χ2v) is 5.33. The molecule has 1 amide bonds. The Hall–Kier alpha value is -0.910. The molecule has 4 nitrogen and oxygen atoms in total. The molecule has 1 aromatic rings. The summed E-state index contributed by atoms with van der Waals surface area (Å²) >= 11 is 1.52. The maximum Gasteiger partial charge on any atom is 0.244 e. The zero-order chi connectivity index (χ0) is 12.3. The van der Waals surface area contributed by atoms with Crippen molar-refractivity contribution in [3.8, 4) is 0 Å². The molecule has 2 atom stereocenters. The van der Waals surface area contributed by atoms with Crippen LogP contribution in [0.15, 0.2) is 17.5 Å². The first-order valence-corrected chi connectivity index (χ1v) is 6.72. The highest BCUT2D eigenvalue weighted by Crippen LogP contribution is 2.19. The molecule has 2 rings (SSSR count). The van der Waals surface area contributed by atoms with Gasteiger partial charge in [0, 0.05) is 25.1 Å². The molecule has 2 N–H and O–H groups in total. The second kappa shape index (κ2) is 5.62. The summed E-state index contributed by atoms with van der Waals surface area (Å²) in [5.41, 5.74) is 5.94. The average molecular weight is 254 g/mol. The minimum Gasteiger partial charge on any atom is -0.376 e. The third-order valence-electron chi connectivity index (χ3n) is 2.99. The van der Waals surface area contributed by atoms with Gasteiger partial charge in [0.25, 0.3) is 0 Å². The van der Waals surface area contributed by atoms with Gasteiger partial charge >= 0.3 is 0 Å². The van der Waals surface area contributed by atoms with Gasteiger partial charge in [0.05, 0.1) is 6.10 Å². The Balaban J connectivity index is 1.90. The van der Waals surface area contributed by atoms with E-state index < -0.39 is 6.04 Å². The van der Waals surface area contributed by atoms with Crippen molar-refractivity contribution in [1.29, 1.82) is 0 Å². The van der Waals surface area contributed by atoms with Gasteiger partial charge in [0.2, 0.25) is 5.91 Å². The van der Waals surface area contributed by atoms with Crippen molar-refractivity contribution in [1.82, 2.24) is 4.90 Å². The summed E-state index contributed by atoms with van der Waals surface area (Å²) in [5, 5.41) is 1.93. The van der Waals surface area contributed by atoms with E-state index in [1.165, 1.54) is 11.3 Å². The highest BCUT2D eigenvalue weighted by atomic mass is 32.1. The van der Waals surface area contributed by atoms with E-state index in [2.05, 4.69) is 0 Å². The molecular weight excluding hydrogens is 236 g/mol. The van der Waals surface area contributed by atoms with Crippen molar-refractivity contribution in [2.24, 2.45) is 5.73 Å². The lowest BCUT2D eigenvalue weighted by Crippen LogP contribution is -2.39.